The van der Waals surface area contributed by atoms with Crippen molar-refractivity contribution >= 4 is 29.3 Å². The van der Waals surface area contributed by atoms with Crippen LogP contribution in [-0.2, 0) is 4.79 Å². The fourth-order valence-electron chi connectivity index (χ4n) is 1.60. The Labute approximate surface area is 122 Å². The molecule has 0 spiro atoms. The van der Waals surface area contributed by atoms with Gasteiger partial charge in [-0.15, -0.1) is 0 Å². The number of rotatable bonds is 3. The number of hydrogen-bond acceptors (Lipinski definition) is 2. The van der Waals surface area contributed by atoms with E-state index in [1.165, 1.54) is 6.08 Å². The van der Waals surface area contributed by atoms with E-state index < -0.39 is 0 Å². The molecule has 0 saturated heterocycles. The summed E-state index contributed by atoms with van der Waals surface area (Å²) in [4.78, 5) is 11.7. The molecule has 0 bridgehead atoms. The summed E-state index contributed by atoms with van der Waals surface area (Å²) in [7, 11) is 0. The molecule has 0 saturated carbocycles. The molecule has 98 valence electrons. The summed E-state index contributed by atoms with van der Waals surface area (Å²) in [6.45, 7) is 0. The van der Waals surface area contributed by atoms with Crippen molar-refractivity contribution in [1.29, 1.82) is 5.26 Å². The van der Waals surface area contributed by atoms with Crippen LogP contribution in [0.5, 0.6) is 0 Å². The zero-order chi connectivity index (χ0) is 14.4. The fourth-order valence-corrected chi connectivity index (χ4v) is 1.83. The Morgan fingerprint density at radius 2 is 1.95 bits per heavy atom. The molecule has 1 N–H and O–H groups in total. The molecule has 0 atom stereocenters. The molecule has 0 radical (unpaired) electrons. The van der Waals surface area contributed by atoms with Gasteiger partial charge in [0.2, 0.25) is 5.91 Å². The Morgan fingerprint density at radius 3 is 2.60 bits per heavy atom. The van der Waals surface area contributed by atoms with E-state index in [1.54, 1.807) is 24.3 Å². The molecule has 0 heterocycles. The van der Waals surface area contributed by atoms with Gasteiger partial charge in [0, 0.05) is 11.8 Å². The lowest BCUT2D eigenvalue weighted by Crippen LogP contribution is -2.07. The first kappa shape index (κ1) is 13.9. The van der Waals surface area contributed by atoms with Crippen LogP contribution in [0.4, 0.5) is 5.69 Å². The molecule has 0 unspecified atom stereocenters. The summed E-state index contributed by atoms with van der Waals surface area (Å²) in [6, 6.07) is 16.2. The third kappa shape index (κ3) is 3.71. The van der Waals surface area contributed by atoms with Crippen molar-refractivity contribution in [2.24, 2.45) is 0 Å². The molecule has 2 aromatic carbocycles. The second-order valence-corrected chi connectivity index (χ2v) is 4.45. The summed E-state index contributed by atoms with van der Waals surface area (Å²) in [5, 5.41) is 11.8. The first-order valence-corrected chi connectivity index (χ1v) is 6.30. The average Bonchev–Trinajstić information content (AvgIpc) is 2.46. The van der Waals surface area contributed by atoms with Gasteiger partial charge in [-0.3, -0.25) is 4.79 Å². The molecular weight excluding hydrogens is 272 g/mol. The van der Waals surface area contributed by atoms with E-state index in [1.807, 2.05) is 36.4 Å². The molecule has 0 fully saturated rings. The van der Waals surface area contributed by atoms with Gasteiger partial charge in [0.1, 0.15) is 6.07 Å². The maximum absolute atomic E-state index is 11.7. The van der Waals surface area contributed by atoms with Crippen LogP contribution in [0, 0.1) is 11.3 Å². The molecular formula is C16H11ClN2O. The number of amides is 1. The van der Waals surface area contributed by atoms with Crippen LogP contribution in [0.2, 0.25) is 5.02 Å². The highest BCUT2D eigenvalue weighted by molar-refractivity contribution is 6.32. The highest BCUT2D eigenvalue weighted by Gasteiger charge is 2.02. The van der Waals surface area contributed by atoms with Gasteiger partial charge in [-0.1, -0.05) is 41.9 Å². The molecule has 1 amide bonds. The normalized spacial score (nSPS) is 10.2. The lowest BCUT2D eigenvalue weighted by atomic mass is 10.2. The Hall–Kier alpha value is -2.57. The third-order valence-corrected chi connectivity index (χ3v) is 2.90. The monoisotopic (exact) mass is 282 g/mol. The highest BCUT2D eigenvalue weighted by atomic mass is 35.5. The maximum Gasteiger partial charge on any atom is 0.248 e. The van der Waals surface area contributed by atoms with Crippen molar-refractivity contribution in [3.8, 4) is 6.07 Å². The molecule has 0 aliphatic rings. The Balaban J connectivity index is 2.04. The zero-order valence-electron chi connectivity index (χ0n) is 10.5. The van der Waals surface area contributed by atoms with Crippen molar-refractivity contribution in [2.75, 3.05) is 5.32 Å². The van der Waals surface area contributed by atoms with Gasteiger partial charge in [0.05, 0.1) is 10.6 Å². The summed E-state index contributed by atoms with van der Waals surface area (Å²) in [5.74, 6) is -0.255. The van der Waals surface area contributed by atoms with E-state index >= 15 is 0 Å². The number of nitrogens with one attached hydrogen (secondary N) is 1. The van der Waals surface area contributed by atoms with Crippen LogP contribution >= 0.6 is 11.6 Å². The molecule has 20 heavy (non-hydrogen) atoms. The van der Waals surface area contributed by atoms with Gasteiger partial charge in [-0.2, -0.15) is 5.26 Å². The first-order chi connectivity index (χ1) is 9.69. The van der Waals surface area contributed by atoms with Crippen molar-refractivity contribution < 1.29 is 4.79 Å². The van der Waals surface area contributed by atoms with E-state index in [0.29, 0.717) is 16.3 Å². The lowest BCUT2D eigenvalue weighted by Gasteiger charge is -2.03. The van der Waals surface area contributed by atoms with Gasteiger partial charge in [0.25, 0.3) is 0 Å². The van der Waals surface area contributed by atoms with Gasteiger partial charge < -0.3 is 5.32 Å². The van der Waals surface area contributed by atoms with Gasteiger partial charge in [-0.25, -0.2) is 0 Å². The molecule has 0 aliphatic carbocycles. The van der Waals surface area contributed by atoms with Crippen molar-refractivity contribution in [2.45, 2.75) is 0 Å². The predicted molar refractivity (Wildman–Crippen MR) is 80.3 cm³/mol. The number of anilines is 1. The fraction of sp³-hybridized carbons (Fsp3) is 0. The SMILES string of the molecule is N#Cc1ccc(NC(=O)/C=C/c2ccccc2)cc1Cl. The number of carbonyl (C=O) groups is 1. The minimum absolute atomic E-state index is 0.255. The number of hydrogen-bond donors (Lipinski definition) is 1. The number of benzene rings is 2. The molecule has 2 rings (SSSR count). The Bertz CT molecular complexity index is 687. The second-order valence-electron chi connectivity index (χ2n) is 4.04. The topological polar surface area (TPSA) is 52.9 Å². The van der Waals surface area contributed by atoms with Crippen molar-refractivity contribution in [3.63, 3.8) is 0 Å². The zero-order valence-corrected chi connectivity index (χ0v) is 11.3. The third-order valence-electron chi connectivity index (χ3n) is 2.58. The lowest BCUT2D eigenvalue weighted by molar-refractivity contribution is -0.111. The summed E-state index contributed by atoms with van der Waals surface area (Å²) in [6.07, 6.45) is 3.17. The molecule has 2 aromatic rings. The quantitative estimate of drug-likeness (QED) is 0.869. The van der Waals surface area contributed by atoms with Gasteiger partial charge in [-0.05, 0) is 29.8 Å². The van der Waals surface area contributed by atoms with Crippen LogP contribution in [0.3, 0.4) is 0 Å². The number of nitriles is 1. The minimum Gasteiger partial charge on any atom is -0.322 e. The minimum atomic E-state index is -0.255. The largest absolute Gasteiger partial charge is 0.322 e. The second kappa shape index (κ2) is 6.55. The van der Waals surface area contributed by atoms with Crippen LogP contribution in [0.25, 0.3) is 6.08 Å². The van der Waals surface area contributed by atoms with Crippen LogP contribution < -0.4 is 5.32 Å². The molecule has 4 heteroatoms. The molecule has 0 aliphatic heterocycles. The Morgan fingerprint density at radius 1 is 1.20 bits per heavy atom. The maximum atomic E-state index is 11.7. The van der Waals surface area contributed by atoms with E-state index in [2.05, 4.69) is 5.32 Å². The average molecular weight is 283 g/mol. The summed E-state index contributed by atoms with van der Waals surface area (Å²) < 4.78 is 0. The first-order valence-electron chi connectivity index (χ1n) is 5.93. The van der Waals surface area contributed by atoms with Crippen LogP contribution in [0.15, 0.2) is 54.6 Å². The van der Waals surface area contributed by atoms with Gasteiger partial charge in [0.15, 0.2) is 0 Å². The van der Waals surface area contributed by atoms with Crippen molar-refractivity contribution in [3.05, 3.63) is 70.8 Å². The molecule has 3 nitrogen and oxygen atoms in total. The van der Waals surface area contributed by atoms with Gasteiger partial charge >= 0.3 is 0 Å². The van der Waals surface area contributed by atoms with Crippen LogP contribution in [0.1, 0.15) is 11.1 Å². The van der Waals surface area contributed by atoms with E-state index in [9.17, 15) is 4.79 Å². The summed E-state index contributed by atoms with van der Waals surface area (Å²) in [5.41, 5.74) is 1.88. The molecule has 0 aromatic heterocycles. The van der Waals surface area contributed by atoms with E-state index in [4.69, 9.17) is 16.9 Å². The number of carbonyl (C=O) groups excluding carboxylic acids is 1. The highest BCUT2D eigenvalue weighted by Crippen LogP contribution is 2.20. The van der Waals surface area contributed by atoms with E-state index in [-0.39, 0.29) is 5.91 Å². The number of nitrogens with zero attached hydrogens (tertiary/aromatic N) is 1. The predicted octanol–water partition coefficient (Wildman–Crippen LogP) is 3.86. The Kier molecular flexibility index (Phi) is 4.54. The standard InChI is InChI=1S/C16H11ClN2O/c17-15-10-14(8-7-13(15)11-18)19-16(20)9-6-12-4-2-1-3-5-12/h1-10H,(H,19,20)/b9-6+. The number of halogens is 1. The van der Waals surface area contributed by atoms with Crippen molar-refractivity contribution in [1.82, 2.24) is 0 Å². The van der Waals surface area contributed by atoms with E-state index in [0.717, 1.165) is 5.56 Å². The smallest absolute Gasteiger partial charge is 0.248 e. The van der Waals surface area contributed by atoms with Crippen LogP contribution in [-0.4, -0.2) is 5.91 Å². The summed E-state index contributed by atoms with van der Waals surface area (Å²) >= 11 is 5.89.